The van der Waals surface area contributed by atoms with Gasteiger partial charge in [-0.1, -0.05) is 71.8 Å². The fourth-order valence-corrected chi connectivity index (χ4v) is 3.27. The Morgan fingerprint density at radius 3 is 1.84 bits per heavy atom. The van der Waals surface area contributed by atoms with E-state index in [4.69, 9.17) is 14.2 Å². The number of allylic oxidation sites excluding steroid dienone is 1. The zero-order valence-electron chi connectivity index (χ0n) is 17.6. The van der Waals surface area contributed by atoms with Gasteiger partial charge in [-0.3, -0.25) is 0 Å². The highest BCUT2D eigenvalue weighted by Gasteiger charge is 2.40. The summed E-state index contributed by atoms with van der Waals surface area (Å²) in [7, 11) is 0. The molecule has 3 heteroatoms. The van der Waals surface area contributed by atoms with Crippen molar-refractivity contribution in [3.63, 3.8) is 0 Å². The molecular formula is C22H44O3. The lowest BCUT2D eigenvalue weighted by Crippen LogP contribution is -2.47. The topological polar surface area (TPSA) is 27.7 Å². The lowest BCUT2D eigenvalue weighted by molar-refractivity contribution is -0.241. The van der Waals surface area contributed by atoms with E-state index in [0.29, 0.717) is 13.2 Å². The van der Waals surface area contributed by atoms with Gasteiger partial charge >= 0.3 is 0 Å². The third-order valence-corrected chi connectivity index (χ3v) is 4.58. The number of hydrogen-bond donors (Lipinski definition) is 0. The number of rotatable bonds is 18. The standard InChI is InChI=1S/C22H44O3/c1-6-11-13-14-15-16-17-19-22(18-8-3,25-20-12-7-2)21(23-9-4)24-10-5/h12,20-21H,6-11,13-19H2,1-5H3. The van der Waals surface area contributed by atoms with E-state index in [1.807, 2.05) is 20.1 Å². The van der Waals surface area contributed by atoms with E-state index in [0.717, 1.165) is 25.7 Å². The quantitative estimate of drug-likeness (QED) is 0.150. The van der Waals surface area contributed by atoms with Crippen LogP contribution in [0.2, 0.25) is 0 Å². The molecule has 0 bridgehead atoms. The normalized spacial score (nSPS) is 14.3. The van der Waals surface area contributed by atoms with Gasteiger partial charge in [-0.05, 0) is 39.5 Å². The van der Waals surface area contributed by atoms with Crippen molar-refractivity contribution in [3.05, 3.63) is 12.3 Å². The van der Waals surface area contributed by atoms with E-state index < -0.39 is 0 Å². The maximum Gasteiger partial charge on any atom is 0.197 e. The molecule has 1 unspecified atom stereocenters. The first-order valence-corrected chi connectivity index (χ1v) is 10.8. The van der Waals surface area contributed by atoms with Crippen LogP contribution in [0, 0.1) is 0 Å². The van der Waals surface area contributed by atoms with Crippen molar-refractivity contribution in [1.29, 1.82) is 0 Å². The SMILES string of the molecule is CCC=COC(CCC)(CCCCCCCCC)C(OCC)OCC. The van der Waals surface area contributed by atoms with Crippen LogP contribution in [0.25, 0.3) is 0 Å². The van der Waals surface area contributed by atoms with Crippen molar-refractivity contribution in [2.45, 2.75) is 117 Å². The fourth-order valence-electron chi connectivity index (χ4n) is 3.27. The van der Waals surface area contributed by atoms with Crippen molar-refractivity contribution in [2.75, 3.05) is 13.2 Å². The second-order valence-corrected chi connectivity index (χ2v) is 6.83. The molecule has 0 spiro atoms. The second kappa shape index (κ2) is 16.9. The fraction of sp³-hybridized carbons (Fsp3) is 0.909. The van der Waals surface area contributed by atoms with Crippen molar-refractivity contribution >= 4 is 0 Å². The number of hydrogen-bond acceptors (Lipinski definition) is 3. The van der Waals surface area contributed by atoms with Crippen LogP contribution in [0.3, 0.4) is 0 Å². The van der Waals surface area contributed by atoms with Gasteiger partial charge in [0.05, 0.1) is 6.26 Å². The van der Waals surface area contributed by atoms with Crippen LogP contribution in [-0.2, 0) is 14.2 Å². The Morgan fingerprint density at radius 2 is 1.32 bits per heavy atom. The molecule has 0 aromatic carbocycles. The summed E-state index contributed by atoms with van der Waals surface area (Å²) in [5.74, 6) is 0. The molecule has 0 saturated carbocycles. The Hall–Kier alpha value is -0.540. The van der Waals surface area contributed by atoms with E-state index in [-0.39, 0.29) is 11.9 Å². The monoisotopic (exact) mass is 356 g/mol. The van der Waals surface area contributed by atoms with Gasteiger partial charge in [0, 0.05) is 13.2 Å². The van der Waals surface area contributed by atoms with Gasteiger partial charge in [-0.25, -0.2) is 0 Å². The molecule has 0 aromatic rings. The Bertz CT molecular complexity index is 298. The van der Waals surface area contributed by atoms with E-state index in [1.54, 1.807) is 0 Å². The van der Waals surface area contributed by atoms with Crippen molar-refractivity contribution in [1.82, 2.24) is 0 Å². The van der Waals surface area contributed by atoms with Crippen molar-refractivity contribution in [3.8, 4) is 0 Å². The summed E-state index contributed by atoms with van der Waals surface area (Å²) < 4.78 is 18.2. The average molecular weight is 357 g/mol. The summed E-state index contributed by atoms with van der Waals surface area (Å²) in [5, 5.41) is 0. The van der Waals surface area contributed by atoms with Crippen LogP contribution in [0.4, 0.5) is 0 Å². The predicted molar refractivity (Wildman–Crippen MR) is 108 cm³/mol. The smallest absolute Gasteiger partial charge is 0.197 e. The lowest BCUT2D eigenvalue weighted by atomic mass is 9.89. The van der Waals surface area contributed by atoms with Crippen LogP contribution in [0.1, 0.15) is 105 Å². The number of ether oxygens (including phenoxy) is 3. The minimum atomic E-state index is -0.365. The maximum atomic E-state index is 6.29. The van der Waals surface area contributed by atoms with E-state index in [2.05, 4.69) is 26.8 Å². The van der Waals surface area contributed by atoms with Gasteiger partial charge < -0.3 is 14.2 Å². The largest absolute Gasteiger partial charge is 0.490 e. The Kier molecular flexibility index (Phi) is 16.5. The van der Waals surface area contributed by atoms with Crippen LogP contribution in [0.5, 0.6) is 0 Å². The molecule has 0 amide bonds. The molecule has 1 atom stereocenters. The van der Waals surface area contributed by atoms with Gasteiger partial charge in [0.2, 0.25) is 0 Å². The van der Waals surface area contributed by atoms with E-state index in [1.165, 1.54) is 44.9 Å². The van der Waals surface area contributed by atoms with Crippen molar-refractivity contribution in [2.24, 2.45) is 0 Å². The van der Waals surface area contributed by atoms with Crippen LogP contribution in [0.15, 0.2) is 12.3 Å². The Balaban J connectivity index is 4.83. The first-order valence-electron chi connectivity index (χ1n) is 10.8. The molecule has 0 fully saturated rings. The molecule has 0 saturated heterocycles. The van der Waals surface area contributed by atoms with Crippen molar-refractivity contribution < 1.29 is 14.2 Å². The molecule has 25 heavy (non-hydrogen) atoms. The zero-order chi connectivity index (χ0) is 18.8. The Morgan fingerprint density at radius 1 is 0.720 bits per heavy atom. The highest BCUT2D eigenvalue weighted by atomic mass is 16.7. The average Bonchev–Trinajstić information content (AvgIpc) is 2.61. The molecule has 0 aliphatic rings. The molecule has 0 radical (unpaired) electrons. The third kappa shape index (κ3) is 10.9. The maximum absolute atomic E-state index is 6.29. The second-order valence-electron chi connectivity index (χ2n) is 6.83. The van der Waals surface area contributed by atoms with Crippen LogP contribution < -0.4 is 0 Å². The van der Waals surface area contributed by atoms with E-state index >= 15 is 0 Å². The molecule has 0 aromatic heterocycles. The molecule has 0 aliphatic carbocycles. The van der Waals surface area contributed by atoms with Gasteiger partial charge in [0.1, 0.15) is 0 Å². The summed E-state index contributed by atoms with van der Waals surface area (Å²) in [6.45, 7) is 11.9. The molecular weight excluding hydrogens is 312 g/mol. The Labute approximate surface area is 157 Å². The van der Waals surface area contributed by atoms with Gasteiger partial charge in [-0.15, -0.1) is 0 Å². The molecule has 0 aliphatic heterocycles. The lowest BCUT2D eigenvalue weighted by Gasteiger charge is -2.39. The first-order chi connectivity index (χ1) is 12.2. The molecule has 0 heterocycles. The highest BCUT2D eigenvalue weighted by molar-refractivity contribution is 4.88. The summed E-state index contributed by atoms with van der Waals surface area (Å²) in [4.78, 5) is 0. The minimum absolute atomic E-state index is 0.288. The zero-order valence-corrected chi connectivity index (χ0v) is 17.6. The summed E-state index contributed by atoms with van der Waals surface area (Å²) >= 11 is 0. The van der Waals surface area contributed by atoms with Gasteiger partial charge in [0.15, 0.2) is 11.9 Å². The summed E-state index contributed by atoms with van der Waals surface area (Å²) in [5.41, 5.74) is -0.365. The van der Waals surface area contributed by atoms with Gasteiger partial charge in [0.25, 0.3) is 0 Å². The third-order valence-electron chi connectivity index (χ3n) is 4.58. The van der Waals surface area contributed by atoms with Crippen LogP contribution >= 0.6 is 0 Å². The summed E-state index contributed by atoms with van der Waals surface area (Å²) in [6.07, 6.45) is 16.8. The highest BCUT2D eigenvalue weighted by Crippen LogP contribution is 2.33. The molecule has 150 valence electrons. The number of unbranched alkanes of at least 4 members (excludes halogenated alkanes) is 6. The molecule has 3 nitrogen and oxygen atoms in total. The van der Waals surface area contributed by atoms with Gasteiger partial charge in [-0.2, -0.15) is 0 Å². The predicted octanol–water partition coefficient (Wildman–Crippen LogP) is 7.01. The van der Waals surface area contributed by atoms with E-state index in [9.17, 15) is 0 Å². The minimum Gasteiger partial charge on any atom is -0.490 e. The summed E-state index contributed by atoms with van der Waals surface area (Å²) in [6, 6.07) is 0. The van der Waals surface area contributed by atoms with Crippen LogP contribution in [-0.4, -0.2) is 25.1 Å². The molecule has 0 rings (SSSR count). The first kappa shape index (κ1) is 24.5. The molecule has 0 N–H and O–H groups in total.